The van der Waals surface area contributed by atoms with Crippen LogP contribution >= 0.6 is 0 Å². The first kappa shape index (κ1) is 28.7. The van der Waals surface area contributed by atoms with Crippen LogP contribution in [0.2, 0.25) is 0 Å². The SMILES string of the molecule is c1ccc2c(c1)OB1c3cccc(-n4c5ccccc5c5ccccc54)c3Oc3cc(-c4ccccc4-c4cccc5oc6ccccc6c45)cc-2c31. The average Bonchev–Trinajstić information content (AvgIpc) is 3.77. The van der Waals surface area contributed by atoms with Crippen LogP contribution in [0.5, 0.6) is 17.2 Å². The highest BCUT2D eigenvalue weighted by Crippen LogP contribution is 2.46. The molecule has 0 aliphatic carbocycles. The fraction of sp³-hybridized carbons (Fsp3) is 0. The van der Waals surface area contributed by atoms with E-state index in [0.29, 0.717) is 0 Å². The van der Waals surface area contributed by atoms with E-state index in [-0.39, 0.29) is 6.92 Å². The minimum atomic E-state index is -0.331. The summed E-state index contributed by atoms with van der Waals surface area (Å²) in [7, 11) is 0. The van der Waals surface area contributed by atoms with E-state index in [1.165, 1.54) is 10.8 Å². The van der Waals surface area contributed by atoms with Crippen LogP contribution in [0.4, 0.5) is 0 Å². The number of hydrogen-bond acceptors (Lipinski definition) is 3. The average molecular weight is 678 g/mol. The third-order valence-corrected chi connectivity index (χ3v) is 11.1. The molecule has 12 rings (SSSR count). The molecule has 2 aliphatic rings. The molecule has 0 saturated heterocycles. The van der Waals surface area contributed by atoms with Crippen LogP contribution in [0.25, 0.3) is 82.8 Å². The Labute approximate surface area is 305 Å². The summed E-state index contributed by atoms with van der Waals surface area (Å²) in [6.07, 6.45) is 0. The minimum Gasteiger partial charge on any atom is -0.551 e. The summed E-state index contributed by atoms with van der Waals surface area (Å²) in [5.41, 5.74) is 13.7. The summed E-state index contributed by atoms with van der Waals surface area (Å²) in [6.45, 7) is -0.331. The highest BCUT2D eigenvalue weighted by molar-refractivity contribution is 6.84. The lowest BCUT2D eigenvalue weighted by Crippen LogP contribution is -2.53. The van der Waals surface area contributed by atoms with Crippen molar-refractivity contribution in [2.45, 2.75) is 0 Å². The second kappa shape index (κ2) is 10.8. The fourth-order valence-electron chi connectivity index (χ4n) is 8.85. The van der Waals surface area contributed by atoms with Crippen molar-refractivity contribution < 1.29 is 13.8 Å². The Morgan fingerprint density at radius 1 is 0.453 bits per heavy atom. The molecular formula is C48H28BNO3. The van der Waals surface area contributed by atoms with Crippen molar-refractivity contribution in [3.63, 3.8) is 0 Å². The molecule has 0 saturated carbocycles. The molecule has 2 aromatic heterocycles. The highest BCUT2D eigenvalue weighted by Gasteiger charge is 2.42. The van der Waals surface area contributed by atoms with E-state index in [4.69, 9.17) is 13.8 Å². The van der Waals surface area contributed by atoms with Gasteiger partial charge in [0.05, 0.1) is 16.7 Å². The lowest BCUT2D eigenvalue weighted by atomic mass is 9.50. The van der Waals surface area contributed by atoms with E-state index in [0.717, 1.165) is 100 Å². The van der Waals surface area contributed by atoms with Gasteiger partial charge in [-0.1, -0.05) is 121 Å². The number of ether oxygens (including phenoxy) is 1. The molecule has 0 bridgehead atoms. The van der Waals surface area contributed by atoms with Gasteiger partial charge in [-0.2, -0.15) is 0 Å². The molecule has 2 aliphatic heterocycles. The Balaban J connectivity index is 1.11. The Kier molecular flexibility index (Phi) is 5.83. The molecule has 0 radical (unpaired) electrons. The standard InChI is InChI=1S/C48H28BNO3/c1-2-14-31(35-19-11-26-44-46(35)36-18-6-9-24-42(36)51-44)30(13-1)29-27-37-34-17-5-10-25-43(34)53-49-38-20-12-23-41(48(38)52-45(28-29)47(37)49)50-39-21-7-3-15-32(39)33-16-4-8-22-40(33)50/h1-28H. The molecule has 246 valence electrons. The van der Waals surface area contributed by atoms with Gasteiger partial charge in [0.25, 0.3) is 0 Å². The summed E-state index contributed by atoms with van der Waals surface area (Å²) in [5, 5.41) is 4.65. The van der Waals surface area contributed by atoms with Crippen molar-refractivity contribution in [1.29, 1.82) is 0 Å². The van der Waals surface area contributed by atoms with Gasteiger partial charge in [-0.3, -0.25) is 0 Å². The van der Waals surface area contributed by atoms with Crippen LogP contribution in [0.3, 0.4) is 0 Å². The van der Waals surface area contributed by atoms with E-state index in [2.05, 4.69) is 162 Å². The molecule has 0 spiro atoms. The van der Waals surface area contributed by atoms with Crippen LogP contribution in [0, 0.1) is 0 Å². The molecule has 5 heteroatoms. The zero-order valence-electron chi connectivity index (χ0n) is 28.4. The van der Waals surface area contributed by atoms with E-state index < -0.39 is 0 Å². The number of hydrogen-bond donors (Lipinski definition) is 0. The fourth-order valence-corrected chi connectivity index (χ4v) is 8.85. The molecule has 53 heavy (non-hydrogen) atoms. The topological polar surface area (TPSA) is 36.5 Å². The Morgan fingerprint density at radius 3 is 1.92 bits per heavy atom. The van der Waals surface area contributed by atoms with Gasteiger partial charge in [0.1, 0.15) is 28.4 Å². The van der Waals surface area contributed by atoms with E-state index >= 15 is 0 Å². The van der Waals surface area contributed by atoms with E-state index in [9.17, 15) is 0 Å². The third-order valence-electron chi connectivity index (χ3n) is 11.1. The predicted molar refractivity (Wildman–Crippen MR) is 217 cm³/mol. The summed E-state index contributed by atoms with van der Waals surface area (Å²) in [5.74, 6) is 2.48. The Morgan fingerprint density at radius 2 is 1.09 bits per heavy atom. The van der Waals surface area contributed by atoms with Gasteiger partial charge in [0, 0.05) is 38.0 Å². The minimum absolute atomic E-state index is 0.331. The third kappa shape index (κ3) is 4.02. The van der Waals surface area contributed by atoms with E-state index in [1.54, 1.807) is 0 Å². The van der Waals surface area contributed by atoms with Gasteiger partial charge in [-0.25, -0.2) is 0 Å². The number of fused-ring (bicyclic) bond motifs is 10. The largest absolute Gasteiger partial charge is 0.551 e. The number of aromatic nitrogens is 1. The lowest BCUT2D eigenvalue weighted by Gasteiger charge is -2.34. The van der Waals surface area contributed by atoms with E-state index in [1.807, 2.05) is 12.1 Å². The van der Waals surface area contributed by atoms with Gasteiger partial charge >= 0.3 is 6.92 Å². The monoisotopic (exact) mass is 677 g/mol. The molecule has 0 N–H and O–H groups in total. The number of nitrogens with zero attached hydrogens (tertiary/aromatic N) is 1. The second-order valence-electron chi connectivity index (χ2n) is 13.9. The van der Waals surface area contributed by atoms with Crippen LogP contribution < -0.4 is 20.3 Å². The lowest BCUT2D eigenvalue weighted by molar-refractivity contribution is 0.478. The number of furan rings is 1. The highest BCUT2D eigenvalue weighted by atomic mass is 16.5. The summed E-state index contributed by atoms with van der Waals surface area (Å²) >= 11 is 0. The van der Waals surface area contributed by atoms with Crippen molar-refractivity contribution in [2.24, 2.45) is 0 Å². The molecule has 10 aromatic rings. The Bertz CT molecular complexity index is 3100. The maximum atomic E-state index is 7.20. The molecular weight excluding hydrogens is 649 g/mol. The number of benzene rings is 8. The summed E-state index contributed by atoms with van der Waals surface area (Å²) in [4.78, 5) is 0. The van der Waals surface area contributed by atoms with Crippen LogP contribution in [0.15, 0.2) is 174 Å². The quantitative estimate of drug-likeness (QED) is 0.175. The van der Waals surface area contributed by atoms with Gasteiger partial charge in [-0.15, -0.1) is 0 Å². The summed E-state index contributed by atoms with van der Waals surface area (Å²) in [6, 6.07) is 59.8. The number of rotatable bonds is 3. The molecule has 0 fully saturated rings. The molecule has 0 unspecified atom stereocenters. The molecule has 4 heterocycles. The van der Waals surface area contributed by atoms with Gasteiger partial charge in [0.2, 0.25) is 0 Å². The molecule has 8 aromatic carbocycles. The zero-order valence-corrected chi connectivity index (χ0v) is 28.4. The van der Waals surface area contributed by atoms with Gasteiger partial charge < -0.3 is 18.4 Å². The predicted octanol–water partition coefficient (Wildman–Crippen LogP) is 11.3. The molecule has 0 atom stereocenters. The Hall–Kier alpha value is -6.98. The van der Waals surface area contributed by atoms with Crippen LogP contribution in [-0.4, -0.2) is 11.5 Å². The first-order valence-electron chi connectivity index (χ1n) is 18.0. The van der Waals surface area contributed by atoms with Crippen molar-refractivity contribution >= 4 is 61.6 Å². The van der Waals surface area contributed by atoms with Gasteiger partial charge in [-0.05, 0) is 76.3 Å². The smallest absolute Gasteiger partial charge is 0.434 e. The maximum Gasteiger partial charge on any atom is 0.434 e. The summed E-state index contributed by atoms with van der Waals surface area (Å²) < 4.78 is 22.8. The number of para-hydroxylation sites is 5. The van der Waals surface area contributed by atoms with Crippen LogP contribution in [-0.2, 0) is 0 Å². The normalized spacial score (nSPS) is 12.8. The molecule has 4 nitrogen and oxygen atoms in total. The van der Waals surface area contributed by atoms with Gasteiger partial charge in [0.15, 0.2) is 0 Å². The zero-order chi connectivity index (χ0) is 34.6. The maximum absolute atomic E-state index is 7.20. The van der Waals surface area contributed by atoms with Crippen molar-refractivity contribution in [2.75, 3.05) is 0 Å². The van der Waals surface area contributed by atoms with Crippen molar-refractivity contribution in [1.82, 2.24) is 4.57 Å². The first-order valence-corrected chi connectivity index (χ1v) is 18.0. The second-order valence-corrected chi connectivity index (χ2v) is 13.9. The first-order chi connectivity index (χ1) is 26.3. The van der Waals surface area contributed by atoms with Crippen molar-refractivity contribution in [3.05, 3.63) is 170 Å². The van der Waals surface area contributed by atoms with Crippen molar-refractivity contribution in [3.8, 4) is 56.3 Å². The molecule has 0 amide bonds. The van der Waals surface area contributed by atoms with Crippen LogP contribution in [0.1, 0.15) is 0 Å².